The summed E-state index contributed by atoms with van der Waals surface area (Å²) in [5.41, 5.74) is 3.35. The molecule has 0 fully saturated rings. The molecule has 2 heterocycles. The van der Waals surface area contributed by atoms with E-state index in [1.54, 1.807) is 6.20 Å². The molecular formula is C11H13N3. The van der Waals surface area contributed by atoms with Crippen LogP contribution in [0.15, 0.2) is 30.6 Å². The highest BCUT2D eigenvalue weighted by Gasteiger charge is 2.03. The number of aromatic nitrogens is 3. The molecule has 2 aromatic heterocycles. The van der Waals surface area contributed by atoms with Gasteiger partial charge < -0.3 is 0 Å². The molecule has 72 valence electrons. The molecule has 2 rings (SSSR count). The molecule has 0 saturated carbocycles. The number of nitrogens with zero attached hydrogens (tertiary/aromatic N) is 3. The average Bonchev–Trinajstić information content (AvgIpc) is 2.65. The minimum atomic E-state index is 0.990. The van der Waals surface area contributed by atoms with E-state index in [-0.39, 0.29) is 0 Å². The molecule has 0 aliphatic heterocycles. The first-order valence-electron chi connectivity index (χ1n) is 4.74. The molecule has 0 N–H and O–H groups in total. The quantitative estimate of drug-likeness (QED) is 0.720. The monoisotopic (exact) mass is 187 g/mol. The van der Waals surface area contributed by atoms with Gasteiger partial charge in [-0.3, -0.25) is 9.67 Å². The van der Waals surface area contributed by atoms with Crippen molar-refractivity contribution in [2.75, 3.05) is 0 Å². The van der Waals surface area contributed by atoms with Gasteiger partial charge in [-0.25, -0.2) is 0 Å². The molecule has 0 amide bonds. The third kappa shape index (κ3) is 1.53. The van der Waals surface area contributed by atoms with Gasteiger partial charge in [0.25, 0.3) is 0 Å². The summed E-state index contributed by atoms with van der Waals surface area (Å²) >= 11 is 0. The van der Waals surface area contributed by atoms with Crippen molar-refractivity contribution in [1.82, 2.24) is 14.8 Å². The SMILES string of the molecule is CCc1ccnc(-c2ccnn2C)c1. The molecule has 3 nitrogen and oxygen atoms in total. The fourth-order valence-electron chi connectivity index (χ4n) is 1.46. The van der Waals surface area contributed by atoms with Crippen LogP contribution in [0, 0.1) is 0 Å². The maximum absolute atomic E-state index is 4.33. The fraction of sp³-hybridized carbons (Fsp3) is 0.273. The van der Waals surface area contributed by atoms with Crippen molar-refractivity contribution in [2.24, 2.45) is 7.05 Å². The average molecular weight is 187 g/mol. The van der Waals surface area contributed by atoms with Crippen LogP contribution in [0.1, 0.15) is 12.5 Å². The molecule has 0 atom stereocenters. The maximum Gasteiger partial charge on any atom is 0.0885 e. The van der Waals surface area contributed by atoms with Crippen LogP contribution in [-0.4, -0.2) is 14.8 Å². The Morgan fingerprint density at radius 2 is 2.14 bits per heavy atom. The van der Waals surface area contributed by atoms with Crippen molar-refractivity contribution in [3.63, 3.8) is 0 Å². The van der Waals surface area contributed by atoms with Crippen molar-refractivity contribution in [1.29, 1.82) is 0 Å². The zero-order valence-electron chi connectivity index (χ0n) is 8.44. The third-order valence-corrected chi connectivity index (χ3v) is 2.32. The summed E-state index contributed by atoms with van der Waals surface area (Å²) < 4.78 is 1.84. The second-order valence-corrected chi connectivity index (χ2v) is 3.24. The first-order valence-corrected chi connectivity index (χ1v) is 4.74. The molecular weight excluding hydrogens is 174 g/mol. The lowest BCUT2D eigenvalue weighted by atomic mass is 10.1. The Bertz CT molecular complexity index is 432. The zero-order valence-corrected chi connectivity index (χ0v) is 8.44. The molecule has 0 aromatic carbocycles. The topological polar surface area (TPSA) is 30.7 Å². The van der Waals surface area contributed by atoms with E-state index in [1.165, 1.54) is 5.56 Å². The molecule has 3 heteroatoms. The summed E-state index contributed by atoms with van der Waals surface area (Å²) in [6.07, 6.45) is 4.67. The van der Waals surface area contributed by atoms with Crippen molar-refractivity contribution in [2.45, 2.75) is 13.3 Å². The molecule has 0 saturated heterocycles. The Morgan fingerprint density at radius 1 is 1.29 bits per heavy atom. The number of hydrogen-bond acceptors (Lipinski definition) is 2. The number of rotatable bonds is 2. The molecule has 14 heavy (non-hydrogen) atoms. The minimum absolute atomic E-state index is 0.990. The van der Waals surface area contributed by atoms with E-state index in [0.29, 0.717) is 0 Å². The third-order valence-electron chi connectivity index (χ3n) is 2.32. The van der Waals surface area contributed by atoms with Crippen LogP contribution in [0.3, 0.4) is 0 Å². The predicted molar refractivity (Wildman–Crippen MR) is 55.8 cm³/mol. The summed E-state index contributed by atoms with van der Waals surface area (Å²) in [5, 5.41) is 4.13. The highest BCUT2D eigenvalue weighted by Crippen LogP contribution is 2.16. The second kappa shape index (κ2) is 3.62. The van der Waals surface area contributed by atoms with E-state index < -0.39 is 0 Å². The lowest BCUT2D eigenvalue weighted by molar-refractivity contribution is 0.773. The Hall–Kier alpha value is -1.64. The zero-order chi connectivity index (χ0) is 9.97. The number of hydrogen-bond donors (Lipinski definition) is 0. The molecule has 2 aromatic rings. The lowest BCUT2D eigenvalue weighted by Crippen LogP contribution is -1.95. The van der Waals surface area contributed by atoms with E-state index in [2.05, 4.69) is 23.1 Å². The van der Waals surface area contributed by atoms with E-state index in [9.17, 15) is 0 Å². The van der Waals surface area contributed by atoms with Gasteiger partial charge in [0.15, 0.2) is 0 Å². The highest BCUT2D eigenvalue weighted by molar-refractivity contribution is 5.54. The van der Waals surface area contributed by atoms with E-state index in [1.807, 2.05) is 30.1 Å². The predicted octanol–water partition coefficient (Wildman–Crippen LogP) is 2.04. The van der Waals surface area contributed by atoms with Crippen LogP contribution in [0.25, 0.3) is 11.4 Å². The van der Waals surface area contributed by atoms with E-state index in [0.717, 1.165) is 17.8 Å². The lowest BCUT2D eigenvalue weighted by Gasteiger charge is -2.02. The van der Waals surface area contributed by atoms with Gasteiger partial charge in [-0.05, 0) is 30.2 Å². The first-order chi connectivity index (χ1) is 6.81. The Morgan fingerprint density at radius 3 is 2.79 bits per heavy atom. The van der Waals surface area contributed by atoms with Crippen LogP contribution in [0.2, 0.25) is 0 Å². The van der Waals surface area contributed by atoms with Gasteiger partial charge in [-0.2, -0.15) is 5.10 Å². The largest absolute Gasteiger partial charge is 0.266 e. The first kappa shape index (κ1) is 8.94. The van der Waals surface area contributed by atoms with Crippen LogP contribution < -0.4 is 0 Å². The highest BCUT2D eigenvalue weighted by atomic mass is 15.3. The van der Waals surface area contributed by atoms with Crippen LogP contribution >= 0.6 is 0 Å². The Kier molecular flexibility index (Phi) is 2.31. The fourth-order valence-corrected chi connectivity index (χ4v) is 1.46. The van der Waals surface area contributed by atoms with Crippen molar-refractivity contribution >= 4 is 0 Å². The van der Waals surface area contributed by atoms with Gasteiger partial charge in [-0.1, -0.05) is 6.92 Å². The normalized spacial score (nSPS) is 10.4. The van der Waals surface area contributed by atoms with Gasteiger partial charge in [0.2, 0.25) is 0 Å². The van der Waals surface area contributed by atoms with Gasteiger partial charge in [0.05, 0.1) is 11.4 Å². The maximum atomic E-state index is 4.33. The molecule has 0 aliphatic carbocycles. The smallest absolute Gasteiger partial charge is 0.0885 e. The van der Waals surface area contributed by atoms with Crippen molar-refractivity contribution < 1.29 is 0 Å². The van der Waals surface area contributed by atoms with E-state index in [4.69, 9.17) is 0 Å². The summed E-state index contributed by atoms with van der Waals surface area (Å²) in [5.74, 6) is 0. The van der Waals surface area contributed by atoms with E-state index >= 15 is 0 Å². The summed E-state index contributed by atoms with van der Waals surface area (Å²) in [6.45, 7) is 2.14. The molecule has 0 bridgehead atoms. The summed E-state index contributed by atoms with van der Waals surface area (Å²) in [4.78, 5) is 4.33. The molecule has 0 spiro atoms. The Labute approximate surface area is 83.4 Å². The molecule has 0 aliphatic rings. The van der Waals surface area contributed by atoms with Gasteiger partial charge in [0, 0.05) is 19.4 Å². The minimum Gasteiger partial charge on any atom is -0.266 e. The van der Waals surface area contributed by atoms with Gasteiger partial charge in [-0.15, -0.1) is 0 Å². The summed E-state index contributed by atoms with van der Waals surface area (Å²) in [7, 11) is 1.93. The second-order valence-electron chi connectivity index (χ2n) is 3.24. The molecule has 0 unspecified atom stereocenters. The van der Waals surface area contributed by atoms with Crippen LogP contribution in [-0.2, 0) is 13.5 Å². The van der Waals surface area contributed by atoms with Crippen LogP contribution in [0.5, 0.6) is 0 Å². The van der Waals surface area contributed by atoms with Gasteiger partial charge >= 0.3 is 0 Å². The number of aryl methyl sites for hydroxylation is 2. The van der Waals surface area contributed by atoms with Gasteiger partial charge in [0.1, 0.15) is 0 Å². The Balaban J connectivity index is 2.47. The standard InChI is InChI=1S/C11H13N3/c1-3-9-4-6-12-10(8-9)11-5-7-13-14(11)2/h4-8H,3H2,1-2H3. The molecule has 0 radical (unpaired) electrons. The van der Waals surface area contributed by atoms with Crippen LogP contribution in [0.4, 0.5) is 0 Å². The number of pyridine rings is 1. The van der Waals surface area contributed by atoms with Crippen molar-refractivity contribution in [3.8, 4) is 11.4 Å². The van der Waals surface area contributed by atoms with Crippen molar-refractivity contribution in [3.05, 3.63) is 36.2 Å². The summed E-state index contributed by atoms with van der Waals surface area (Å²) in [6, 6.07) is 6.12.